The van der Waals surface area contributed by atoms with E-state index < -0.39 is 0 Å². The van der Waals surface area contributed by atoms with E-state index in [2.05, 4.69) is 24.0 Å². The molecule has 0 amide bonds. The predicted octanol–water partition coefficient (Wildman–Crippen LogP) is 3.74. The monoisotopic (exact) mass is 263 g/mol. The van der Waals surface area contributed by atoms with Crippen molar-refractivity contribution in [3.8, 4) is 0 Å². The summed E-state index contributed by atoms with van der Waals surface area (Å²) in [7, 11) is 0. The molecule has 0 spiro atoms. The van der Waals surface area contributed by atoms with Gasteiger partial charge in [-0.25, -0.2) is 0 Å². The van der Waals surface area contributed by atoms with Crippen LogP contribution in [0, 0.1) is 6.92 Å². The maximum atomic E-state index is 11.7. The smallest absolute Gasteiger partial charge is 0.137 e. The topological polar surface area (TPSA) is 20.3 Å². The van der Waals surface area contributed by atoms with E-state index in [0.717, 1.165) is 23.6 Å². The van der Waals surface area contributed by atoms with Gasteiger partial charge in [0.25, 0.3) is 0 Å². The third kappa shape index (κ3) is 2.03. The molecule has 18 heavy (non-hydrogen) atoms. The van der Waals surface area contributed by atoms with Crippen molar-refractivity contribution in [1.82, 2.24) is 0 Å². The van der Waals surface area contributed by atoms with E-state index in [9.17, 15) is 4.79 Å². The molecule has 0 aliphatic carbocycles. The van der Waals surface area contributed by atoms with E-state index in [1.807, 2.05) is 6.07 Å². The molecule has 0 radical (unpaired) electrons. The normalized spacial score (nSPS) is 27.4. The molecule has 2 aliphatic rings. The average Bonchev–Trinajstić information content (AvgIpc) is 2.28. The number of benzene rings is 1. The maximum Gasteiger partial charge on any atom is 0.137 e. The summed E-state index contributed by atoms with van der Waals surface area (Å²) in [5, 5.41) is 0.821. The van der Waals surface area contributed by atoms with Crippen LogP contribution < -0.4 is 4.90 Å². The molecule has 2 aliphatic heterocycles. The number of nitrogens with zero attached hydrogens (tertiary/aromatic N) is 1. The molecule has 1 aromatic rings. The first-order valence-electron chi connectivity index (χ1n) is 6.71. The second-order valence-electron chi connectivity index (χ2n) is 5.55. The summed E-state index contributed by atoms with van der Waals surface area (Å²) in [5.74, 6) is 0.421. The summed E-state index contributed by atoms with van der Waals surface area (Å²) in [6.45, 7) is 2.05. The van der Waals surface area contributed by atoms with Crippen molar-refractivity contribution in [2.75, 3.05) is 4.90 Å². The van der Waals surface area contributed by atoms with E-state index in [1.165, 1.54) is 12.0 Å². The van der Waals surface area contributed by atoms with Crippen LogP contribution in [-0.4, -0.2) is 17.9 Å². The molecule has 2 heterocycles. The zero-order chi connectivity index (χ0) is 12.7. The summed E-state index contributed by atoms with van der Waals surface area (Å²) in [6, 6.07) is 6.96. The molecule has 3 rings (SSSR count). The standard InChI is InChI=1S/C15H18ClNO/c1-10-5-6-15(14(16)7-10)17-11-3-2-4-12(17)9-13(18)8-11/h5-7,11-12H,2-4,8-9H2,1H3. The lowest BCUT2D eigenvalue weighted by Crippen LogP contribution is -2.52. The first-order chi connectivity index (χ1) is 8.65. The minimum Gasteiger partial charge on any atom is -0.363 e. The molecule has 2 bridgehead atoms. The first-order valence-corrected chi connectivity index (χ1v) is 7.09. The summed E-state index contributed by atoms with van der Waals surface area (Å²) < 4.78 is 0. The Balaban J connectivity index is 1.97. The molecular formula is C15H18ClNO. The van der Waals surface area contributed by atoms with Crippen molar-refractivity contribution >= 4 is 23.1 Å². The highest BCUT2D eigenvalue weighted by molar-refractivity contribution is 6.33. The lowest BCUT2D eigenvalue weighted by atomic mass is 9.83. The van der Waals surface area contributed by atoms with Crippen molar-refractivity contribution in [3.05, 3.63) is 28.8 Å². The molecule has 0 N–H and O–H groups in total. The third-order valence-corrected chi connectivity index (χ3v) is 4.47. The van der Waals surface area contributed by atoms with Gasteiger partial charge in [-0.1, -0.05) is 17.7 Å². The number of carbonyl (C=O) groups excluding carboxylic acids is 1. The van der Waals surface area contributed by atoms with Crippen molar-refractivity contribution in [3.63, 3.8) is 0 Å². The second kappa shape index (κ2) is 4.58. The fourth-order valence-corrected chi connectivity index (χ4v) is 3.72. The van der Waals surface area contributed by atoms with Crippen LogP contribution in [-0.2, 0) is 4.79 Å². The molecule has 3 heteroatoms. The van der Waals surface area contributed by atoms with Crippen LogP contribution in [0.15, 0.2) is 18.2 Å². The quantitative estimate of drug-likeness (QED) is 0.769. The van der Waals surface area contributed by atoms with Crippen LogP contribution in [0.5, 0.6) is 0 Å². The molecule has 0 aromatic heterocycles. The Kier molecular flexibility index (Phi) is 3.06. The SMILES string of the molecule is Cc1ccc(N2C3CCCC2CC(=O)C3)c(Cl)c1. The lowest BCUT2D eigenvalue weighted by Gasteiger charge is -2.47. The summed E-state index contributed by atoms with van der Waals surface area (Å²) in [6.07, 6.45) is 4.86. The largest absolute Gasteiger partial charge is 0.363 e. The molecule has 2 unspecified atom stereocenters. The third-order valence-electron chi connectivity index (χ3n) is 4.17. The van der Waals surface area contributed by atoms with Crippen molar-refractivity contribution in [2.45, 2.75) is 51.1 Å². The molecule has 2 fully saturated rings. The number of hydrogen-bond acceptors (Lipinski definition) is 2. The van der Waals surface area contributed by atoms with Crippen LogP contribution in [0.1, 0.15) is 37.7 Å². The number of hydrogen-bond donors (Lipinski definition) is 0. The first kappa shape index (κ1) is 12.0. The zero-order valence-corrected chi connectivity index (χ0v) is 11.4. The van der Waals surface area contributed by atoms with Gasteiger partial charge in [0, 0.05) is 24.9 Å². The van der Waals surface area contributed by atoms with Gasteiger partial charge in [0.15, 0.2) is 0 Å². The number of Topliss-reactive ketones (excluding diaryl/α,β-unsaturated/α-hetero) is 1. The van der Waals surface area contributed by atoms with Crippen LogP contribution >= 0.6 is 11.6 Å². The highest BCUT2D eigenvalue weighted by Crippen LogP contribution is 2.39. The van der Waals surface area contributed by atoms with Gasteiger partial charge in [-0.15, -0.1) is 0 Å². The molecule has 0 saturated carbocycles. The Morgan fingerprint density at radius 2 is 1.89 bits per heavy atom. The van der Waals surface area contributed by atoms with Gasteiger partial charge in [0.05, 0.1) is 10.7 Å². The van der Waals surface area contributed by atoms with Gasteiger partial charge in [0.2, 0.25) is 0 Å². The number of rotatable bonds is 1. The van der Waals surface area contributed by atoms with Gasteiger partial charge >= 0.3 is 0 Å². The minimum absolute atomic E-state index is 0.366. The zero-order valence-electron chi connectivity index (χ0n) is 10.7. The minimum atomic E-state index is 0.366. The Bertz CT molecular complexity index is 469. The van der Waals surface area contributed by atoms with Crippen molar-refractivity contribution < 1.29 is 4.79 Å². The van der Waals surface area contributed by atoms with Gasteiger partial charge in [-0.05, 0) is 43.9 Å². The number of halogens is 1. The van der Waals surface area contributed by atoms with Crippen LogP contribution in [0.25, 0.3) is 0 Å². The number of aryl methyl sites for hydroxylation is 1. The fraction of sp³-hybridized carbons (Fsp3) is 0.533. The van der Waals surface area contributed by atoms with Crippen LogP contribution in [0.3, 0.4) is 0 Å². The average molecular weight is 264 g/mol. The van der Waals surface area contributed by atoms with Gasteiger partial charge in [0.1, 0.15) is 5.78 Å². The van der Waals surface area contributed by atoms with Gasteiger partial charge in [-0.2, -0.15) is 0 Å². The molecule has 2 nitrogen and oxygen atoms in total. The highest BCUT2D eigenvalue weighted by atomic mass is 35.5. The summed E-state index contributed by atoms with van der Waals surface area (Å²) in [4.78, 5) is 14.1. The number of carbonyl (C=O) groups is 1. The number of ketones is 1. The van der Waals surface area contributed by atoms with Crippen molar-refractivity contribution in [1.29, 1.82) is 0 Å². The van der Waals surface area contributed by atoms with E-state index in [-0.39, 0.29) is 0 Å². The Labute approximate surface area is 113 Å². The second-order valence-corrected chi connectivity index (χ2v) is 5.95. The van der Waals surface area contributed by atoms with Crippen LogP contribution in [0.2, 0.25) is 5.02 Å². The number of fused-ring (bicyclic) bond motifs is 2. The van der Waals surface area contributed by atoms with E-state index >= 15 is 0 Å². The maximum absolute atomic E-state index is 11.7. The lowest BCUT2D eigenvalue weighted by molar-refractivity contribution is -0.121. The Hall–Kier alpha value is -1.02. The van der Waals surface area contributed by atoms with Crippen molar-refractivity contribution in [2.24, 2.45) is 0 Å². The fourth-order valence-electron chi connectivity index (χ4n) is 3.39. The Morgan fingerprint density at radius 3 is 2.50 bits per heavy atom. The molecule has 1 aromatic carbocycles. The highest BCUT2D eigenvalue weighted by Gasteiger charge is 2.38. The van der Waals surface area contributed by atoms with Gasteiger partial charge in [-0.3, -0.25) is 4.79 Å². The summed E-state index contributed by atoms with van der Waals surface area (Å²) >= 11 is 6.38. The molecular weight excluding hydrogens is 246 g/mol. The molecule has 96 valence electrons. The van der Waals surface area contributed by atoms with E-state index in [0.29, 0.717) is 30.7 Å². The van der Waals surface area contributed by atoms with Crippen LogP contribution in [0.4, 0.5) is 5.69 Å². The van der Waals surface area contributed by atoms with Gasteiger partial charge < -0.3 is 4.90 Å². The van der Waals surface area contributed by atoms with E-state index in [4.69, 9.17) is 11.6 Å². The Morgan fingerprint density at radius 1 is 1.22 bits per heavy atom. The number of anilines is 1. The number of piperidine rings is 2. The van der Waals surface area contributed by atoms with E-state index in [1.54, 1.807) is 0 Å². The predicted molar refractivity (Wildman–Crippen MR) is 74.3 cm³/mol. The molecule has 2 atom stereocenters. The molecule has 2 saturated heterocycles. The summed E-state index contributed by atoms with van der Waals surface area (Å²) in [5.41, 5.74) is 2.30.